The highest BCUT2D eigenvalue weighted by Gasteiger charge is 2.30. The molecule has 3 N–H and O–H groups in total. The van der Waals surface area contributed by atoms with Crippen molar-refractivity contribution >= 4 is 5.91 Å². The van der Waals surface area contributed by atoms with Gasteiger partial charge in [-0.3, -0.25) is 9.63 Å². The molecule has 1 amide bonds. The number of aromatic nitrogens is 2. The van der Waals surface area contributed by atoms with Crippen LogP contribution in [-0.2, 0) is 22.8 Å². The number of carbonyl (C=O) groups excluding carboxylic acids is 1. The molecule has 4 aromatic rings. The van der Waals surface area contributed by atoms with Gasteiger partial charge in [0.1, 0.15) is 24.1 Å². The zero-order valence-corrected chi connectivity index (χ0v) is 20.2. The van der Waals surface area contributed by atoms with Crippen LogP contribution in [0.3, 0.4) is 0 Å². The minimum Gasteiger partial charge on any atom is -0.493 e. The number of carbonyl (C=O) groups is 1. The average Bonchev–Trinajstić information content (AvgIpc) is 3.17. The highest BCUT2D eigenvalue weighted by Crippen LogP contribution is 2.26. The molecule has 0 bridgehead atoms. The van der Waals surface area contributed by atoms with E-state index in [2.05, 4.69) is 10.5 Å². The molecule has 36 heavy (non-hydrogen) atoms. The third kappa shape index (κ3) is 5.84. The second-order valence-electron chi connectivity index (χ2n) is 8.71. The van der Waals surface area contributed by atoms with Crippen molar-refractivity contribution in [2.24, 2.45) is 5.92 Å². The van der Waals surface area contributed by atoms with Gasteiger partial charge in [-0.15, -0.1) is 0 Å². The summed E-state index contributed by atoms with van der Waals surface area (Å²) in [5.41, 5.74) is 4.99. The molecular formula is C28H29N3O5. The summed E-state index contributed by atoms with van der Waals surface area (Å²) < 4.78 is 6.81. The van der Waals surface area contributed by atoms with Gasteiger partial charge in [0.05, 0.1) is 6.61 Å². The lowest BCUT2D eigenvalue weighted by atomic mass is 10.0. The van der Waals surface area contributed by atoms with Crippen molar-refractivity contribution in [3.8, 4) is 22.8 Å². The molecule has 0 spiro atoms. The number of ether oxygens (including phenoxy) is 1. The monoisotopic (exact) mass is 487 g/mol. The molecule has 0 aliphatic rings. The number of hydrogen-bond donors (Lipinski definition) is 3. The number of rotatable bonds is 10. The molecule has 186 valence electrons. The number of aromatic hydroxyl groups is 1. The number of benzene rings is 3. The van der Waals surface area contributed by atoms with Gasteiger partial charge in [0, 0.05) is 0 Å². The first-order valence-electron chi connectivity index (χ1n) is 11.7. The van der Waals surface area contributed by atoms with Crippen LogP contribution in [0.25, 0.3) is 11.1 Å². The van der Waals surface area contributed by atoms with E-state index in [1.165, 1.54) is 0 Å². The van der Waals surface area contributed by atoms with E-state index in [-0.39, 0.29) is 30.7 Å². The second-order valence-corrected chi connectivity index (χ2v) is 8.71. The summed E-state index contributed by atoms with van der Waals surface area (Å²) in [5, 5.41) is 10.8. The first-order valence-corrected chi connectivity index (χ1v) is 11.7. The molecule has 0 saturated heterocycles. The molecule has 8 heteroatoms. The maximum absolute atomic E-state index is 12.9. The number of hydrogen-bond acceptors (Lipinski definition) is 5. The van der Waals surface area contributed by atoms with E-state index >= 15 is 0 Å². The van der Waals surface area contributed by atoms with Gasteiger partial charge in [0.2, 0.25) is 5.88 Å². The predicted molar refractivity (Wildman–Crippen MR) is 136 cm³/mol. The Morgan fingerprint density at radius 2 is 1.53 bits per heavy atom. The van der Waals surface area contributed by atoms with Crippen molar-refractivity contribution in [3.63, 3.8) is 0 Å². The molecule has 0 aliphatic heterocycles. The minimum atomic E-state index is -0.983. The van der Waals surface area contributed by atoms with Crippen LogP contribution in [0.2, 0.25) is 0 Å². The Labute approximate surface area is 209 Å². The lowest BCUT2D eigenvalue weighted by molar-refractivity contribution is -0.139. The highest BCUT2D eigenvalue weighted by atomic mass is 16.6. The molecule has 1 aromatic heterocycles. The third-order valence-corrected chi connectivity index (χ3v) is 5.75. The van der Waals surface area contributed by atoms with Gasteiger partial charge in [-0.05, 0) is 34.7 Å². The number of imidazole rings is 1. The van der Waals surface area contributed by atoms with E-state index in [9.17, 15) is 14.7 Å². The van der Waals surface area contributed by atoms with Gasteiger partial charge in [0.25, 0.3) is 5.91 Å². The molecule has 1 heterocycles. The molecule has 4 rings (SSSR count). The number of nitrogens with zero attached hydrogens (tertiary/aromatic N) is 1. The summed E-state index contributed by atoms with van der Waals surface area (Å²) in [6.45, 7) is 3.67. The summed E-state index contributed by atoms with van der Waals surface area (Å²) in [6.07, 6.45) is 0. The van der Waals surface area contributed by atoms with Gasteiger partial charge in [-0.1, -0.05) is 86.6 Å². The van der Waals surface area contributed by atoms with Crippen molar-refractivity contribution in [3.05, 3.63) is 107 Å². The Balaban J connectivity index is 1.42. The molecule has 0 fully saturated rings. The van der Waals surface area contributed by atoms with Gasteiger partial charge in [-0.2, -0.15) is 0 Å². The van der Waals surface area contributed by atoms with Crippen LogP contribution in [0.1, 0.15) is 31.1 Å². The summed E-state index contributed by atoms with van der Waals surface area (Å²) in [5.74, 6) is -0.613. The standard InChI is InChI=1S/C28H29N3O5/c1-19(2)25(26(32)30-36-17-20-9-5-3-6-10-20)31-27(33)24(29-28(31)34)18-35-23-15-13-22(14-16-23)21-11-7-4-8-12-21/h3-16,19,25,33H,17-18H2,1-2H3,(H,29,34)(H,30,32)/t25-/m1/s1. The van der Waals surface area contributed by atoms with Crippen LogP contribution in [0, 0.1) is 5.92 Å². The molecule has 8 nitrogen and oxygen atoms in total. The van der Waals surface area contributed by atoms with Crippen LogP contribution >= 0.6 is 0 Å². The molecular weight excluding hydrogens is 458 g/mol. The van der Waals surface area contributed by atoms with Gasteiger partial charge in [0.15, 0.2) is 0 Å². The smallest absolute Gasteiger partial charge is 0.329 e. The number of amides is 1. The van der Waals surface area contributed by atoms with E-state index in [4.69, 9.17) is 9.57 Å². The predicted octanol–water partition coefficient (Wildman–Crippen LogP) is 4.57. The third-order valence-electron chi connectivity index (χ3n) is 5.75. The van der Waals surface area contributed by atoms with Crippen molar-refractivity contribution in [2.75, 3.05) is 0 Å². The minimum absolute atomic E-state index is 0.0737. The van der Waals surface area contributed by atoms with E-state index < -0.39 is 17.6 Å². The Morgan fingerprint density at radius 3 is 2.17 bits per heavy atom. The van der Waals surface area contributed by atoms with Crippen molar-refractivity contribution < 1.29 is 19.5 Å². The maximum Gasteiger partial charge on any atom is 0.329 e. The SMILES string of the molecule is CC(C)[C@H](C(=O)NOCc1ccccc1)n1c(O)c(COc2ccc(-c3ccccc3)cc2)[nH]c1=O. The first kappa shape index (κ1) is 24.8. The molecule has 0 saturated carbocycles. The van der Waals surface area contributed by atoms with Gasteiger partial charge in [-0.25, -0.2) is 14.8 Å². The normalized spacial score (nSPS) is 11.9. The van der Waals surface area contributed by atoms with Crippen LogP contribution in [0.15, 0.2) is 89.7 Å². The zero-order valence-electron chi connectivity index (χ0n) is 20.2. The van der Waals surface area contributed by atoms with Gasteiger partial charge >= 0.3 is 5.69 Å². The van der Waals surface area contributed by atoms with Crippen molar-refractivity contribution in [1.29, 1.82) is 0 Å². The van der Waals surface area contributed by atoms with E-state index in [0.29, 0.717) is 5.75 Å². The fourth-order valence-electron chi connectivity index (χ4n) is 3.92. The van der Waals surface area contributed by atoms with Crippen LogP contribution in [0.5, 0.6) is 11.6 Å². The summed E-state index contributed by atoms with van der Waals surface area (Å²) >= 11 is 0. The Hall–Kier alpha value is -4.30. The molecule has 3 aromatic carbocycles. The maximum atomic E-state index is 12.9. The largest absolute Gasteiger partial charge is 0.493 e. The van der Waals surface area contributed by atoms with Crippen molar-refractivity contribution in [2.45, 2.75) is 33.1 Å². The average molecular weight is 488 g/mol. The fraction of sp³-hybridized carbons (Fsp3) is 0.214. The second kappa shape index (κ2) is 11.4. The number of nitrogens with one attached hydrogen (secondary N) is 2. The fourth-order valence-corrected chi connectivity index (χ4v) is 3.92. The summed E-state index contributed by atoms with van der Waals surface area (Å²) in [7, 11) is 0. The molecule has 0 unspecified atom stereocenters. The molecule has 0 radical (unpaired) electrons. The lowest BCUT2D eigenvalue weighted by Gasteiger charge is -2.21. The molecule has 1 atom stereocenters. The number of hydroxylamine groups is 1. The van der Waals surface area contributed by atoms with E-state index in [1.54, 1.807) is 13.8 Å². The van der Waals surface area contributed by atoms with Crippen LogP contribution in [0.4, 0.5) is 0 Å². The zero-order chi connectivity index (χ0) is 25.5. The first-order chi connectivity index (χ1) is 17.4. The van der Waals surface area contributed by atoms with Crippen LogP contribution < -0.4 is 15.9 Å². The Bertz CT molecular complexity index is 1330. The Kier molecular flexibility index (Phi) is 7.87. The summed E-state index contributed by atoms with van der Waals surface area (Å²) in [4.78, 5) is 33.5. The van der Waals surface area contributed by atoms with E-state index in [0.717, 1.165) is 21.3 Å². The molecule has 0 aliphatic carbocycles. The topological polar surface area (TPSA) is 106 Å². The van der Waals surface area contributed by atoms with E-state index in [1.807, 2.05) is 84.9 Å². The number of H-pyrrole nitrogens is 1. The van der Waals surface area contributed by atoms with Crippen molar-refractivity contribution in [1.82, 2.24) is 15.0 Å². The highest BCUT2D eigenvalue weighted by molar-refractivity contribution is 5.79. The van der Waals surface area contributed by atoms with Gasteiger partial charge < -0.3 is 14.8 Å². The Morgan fingerprint density at radius 1 is 0.917 bits per heavy atom. The lowest BCUT2D eigenvalue weighted by Crippen LogP contribution is -2.39. The number of aromatic amines is 1. The quantitative estimate of drug-likeness (QED) is 0.284. The van der Waals surface area contributed by atoms with Crippen LogP contribution in [-0.4, -0.2) is 20.6 Å². The summed E-state index contributed by atoms with van der Waals surface area (Å²) in [6, 6.07) is 25.9.